The Morgan fingerprint density at radius 3 is 2.89 bits per heavy atom. The lowest BCUT2D eigenvalue weighted by Crippen LogP contribution is -2.55. The molecule has 1 atom stereocenters. The van der Waals surface area contributed by atoms with E-state index in [0.717, 1.165) is 13.1 Å². The van der Waals surface area contributed by atoms with Crippen LogP contribution in [0.15, 0.2) is 9.59 Å². The molecule has 0 radical (unpaired) electrons. The normalized spacial score (nSPS) is 20.5. The lowest BCUT2D eigenvalue weighted by molar-refractivity contribution is 0.465. The van der Waals surface area contributed by atoms with Gasteiger partial charge in [0.15, 0.2) is 11.2 Å². The average Bonchev–Trinajstić information content (AvgIpc) is 2.73. The van der Waals surface area contributed by atoms with Gasteiger partial charge in [0.05, 0.1) is 6.17 Å². The molecule has 0 aliphatic carbocycles. The monoisotopic (exact) mass is 251 g/mol. The molecule has 6 N–H and O–H groups in total. The van der Waals surface area contributed by atoms with Crippen LogP contribution < -0.4 is 27.2 Å². The Kier molecular flexibility index (Phi) is 2.42. The van der Waals surface area contributed by atoms with E-state index in [1.54, 1.807) is 0 Å². The number of fused-ring (bicyclic) bond motifs is 1. The Balaban J connectivity index is 2.05. The highest BCUT2D eigenvalue weighted by Crippen LogP contribution is 2.12. The first kappa shape index (κ1) is 11.0. The van der Waals surface area contributed by atoms with Crippen molar-refractivity contribution in [1.29, 1.82) is 0 Å². The minimum absolute atomic E-state index is 0.135. The quantitative estimate of drug-likeness (QED) is 0.384. The van der Waals surface area contributed by atoms with Gasteiger partial charge in [-0.05, 0) is 0 Å². The first-order valence-corrected chi connectivity index (χ1v) is 5.60. The van der Waals surface area contributed by atoms with Gasteiger partial charge in [-0.3, -0.25) is 20.1 Å². The maximum atomic E-state index is 11.6. The third kappa shape index (κ3) is 1.79. The summed E-state index contributed by atoms with van der Waals surface area (Å²) in [5.41, 5.74) is 5.26. The van der Waals surface area contributed by atoms with Crippen LogP contribution in [0.5, 0.6) is 0 Å². The molecule has 9 nitrogen and oxygen atoms in total. The molecule has 0 bridgehead atoms. The lowest BCUT2D eigenvalue weighted by atomic mass is 10.3. The fraction of sp³-hybridized carbons (Fsp3) is 0.444. The Labute approximate surface area is 100 Å². The summed E-state index contributed by atoms with van der Waals surface area (Å²) in [6.07, 6.45) is -0.135. The first-order valence-electron chi connectivity index (χ1n) is 5.60. The maximum Gasteiger partial charge on any atom is 0.327 e. The van der Waals surface area contributed by atoms with Gasteiger partial charge in [-0.25, -0.2) is 4.79 Å². The van der Waals surface area contributed by atoms with E-state index in [-0.39, 0.29) is 17.3 Å². The highest BCUT2D eigenvalue weighted by Gasteiger charge is 2.19. The summed E-state index contributed by atoms with van der Waals surface area (Å²) in [6, 6.07) is 0. The van der Waals surface area contributed by atoms with Crippen LogP contribution in [-0.2, 0) is 0 Å². The van der Waals surface area contributed by atoms with E-state index in [0.29, 0.717) is 12.5 Å². The molecule has 0 spiro atoms. The molecule has 18 heavy (non-hydrogen) atoms. The van der Waals surface area contributed by atoms with E-state index in [4.69, 9.17) is 5.73 Å². The van der Waals surface area contributed by atoms with Gasteiger partial charge in [0.2, 0.25) is 5.95 Å². The van der Waals surface area contributed by atoms with Gasteiger partial charge in [0.1, 0.15) is 0 Å². The van der Waals surface area contributed by atoms with Gasteiger partial charge in [-0.2, -0.15) is 4.98 Å². The zero-order chi connectivity index (χ0) is 12.7. The van der Waals surface area contributed by atoms with Crippen molar-refractivity contribution in [2.75, 3.05) is 24.5 Å². The van der Waals surface area contributed by atoms with E-state index in [9.17, 15) is 9.59 Å². The van der Waals surface area contributed by atoms with Crippen LogP contribution in [0, 0.1) is 0 Å². The van der Waals surface area contributed by atoms with Gasteiger partial charge >= 0.3 is 5.69 Å². The van der Waals surface area contributed by atoms with Crippen LogP contribution in [0.2, 0.25) is 0 Å². The molecule has 0 aromatic carbocycles. The van der Waals surface area contributed by atoms with Crippen molar-refractivity contribution in [2.45, 2.75) is 6.17 Å². The zero-order valence-corrected chi connectivity index (χ0v) is 9.49. The molecule has 2 aromatic rings. The molecule has 1 unspecified atom stereocenters. The van der Waals surface area contributed by atoms with Gasteiger partial charge in [0.25, 0.3) is 5.56 Å². The van der Waals surface area contributed by atoms with E-state index in [2.05, 4.69) is 25.3 Å². The molecule has 9 heteroatoms. The summed E-state index contributed by atoms with van der Waals surface area (Å²) in [6.45, 7) is 2.06. The summed E-state index contributed by atoms with van der Waals surface area (Å²) in [7, 11) is 0. The van der Waals surface area contributed by atoms with Crippen LogP contribution >= 0.6 is 0 Å². The summed E-state index contributed by atoms with van der Waals surface area (Å²) >= 11 is 0. The number of H-pyrrole nitrogens is 3. The van der Waals surface area contributed by atoms with Crippen molar-refractivity contribution in [1.82, 2.24) is 25.3 Å². The third-order valence-corrected chi connectivity index (χ3v) is 2.88. The number of piperazine rings is 1. The highest BCUT2D eigenvalue weighted by atomic mass is 16.2. The zero-order valence-electron chi connectivity index (χ0n) is 9.49. The van der Waals surface area contributed by atoms with Crippen LogP contribution in [0.1, 0.15) is 0 Å². The Morgan fingerprint density at radius 1 is 1.28 bits per heavy atom. The van der Waals surface area contributed by atoms with Crippen molar-refractivity contribution in [3.05, 3.63) is 20.8 Å². The molecule has 2 aromatic heterocycles. The molecule has 0 saturated carbocycles. The Morgan fingerprint density at radius 2 is 2.11 bits per heavy atom. The van der Waals surface area contributed by atoms with E-state index in [1.807, 2.05) is 4.90 Å². The van der Waals surface area contributed by atoms with Crippen molar-refractivity contribution in [2.24, 2.45) is 5.73 Å². The molecule has 3 heterocycles. The van der Waals surface area contributed by atoms with Crippen LogP contribution in [0.4, 0.5) is 5.95 Å². The molecule has 0 amide bonds. The van der Waals surface area contributed by atoms with Crippen molar-refractivity contribution in [3.63, 3.8) is 0 Å². The summed E-state index contributed by atoms with van der Waals surface area (Å²) in [5.74, 6) is 0.536. The number of aromatic nitrogens is 4. The molecule has 96 valence electrons. The van der Waals surface area contributed by atoms with E-state index >= 15 is 0 Å². The Hall–Kier alpha value is -2.13. The standard InChI is InChI=1S/C9H13N7O2/c10-4-3-16(2-1-11-4)8-12-5-6(13-8)14-9(18)15-7(5)17/h4,11H,1-3,10H2,(H3,12,13,14,15,17,18). The molecule has 1 aliphatic heterocycles. The number of nitrogens with one attached hydrogen (secondary N) is 4. The number of hydrogen-bond donors (Lipinski definition) is 5. The van der Waals surface area contributed by atoms with Gasteiger partial charge in [-0.1, -0.05) is 0 Å². The molecule has 1 saturated heterocycles. The number of aromatic amines is 3. The third-order valence-electron chi connectivity index (χ3n) is 2.88. The molecular formula is C9H13N7O2. The van der Waals surface area contributed by atoms with Crippen molar-refractivity contribution >= 4 is 17.1 Å². The van der Waals surface area contributed by atoms with Crippen molar-refractivity contribution < 1.29 is 0 Å². The smallest absolute Gasteiger partial charge is 0.327 e. The SMILES string of the molecule is NC1CN(c2nc3[nH]c(=O)[nH]c(=O)c3[nH]2)CCN1. The number of hydrogen-bond acceptors (Lipinski definition) is 6. The molecule has 1 fully saturated rings. The number of anilines is 1. The highest BCUT2D eigenvalue weighted by molar-refractivity contribution is 5.72. The second-order valence-electron chi connectivity index (χ2n) is 4.20. The largest absolute Gasteiger partial charge is 0.338 e. The lowest BCUT2D eigenvalue weighted by Gasteiger charge is -2.31. The van der Waals surface area contributed by atoms with E-state index in [1.165, 1.54) is 0 Å². The Bertz CT molecular complexity index is 684. The predicted molar refractivity (Wildman–Crippen MR) is 65.5 cm³/mol. The van der Waals surface area contributed by atoms with Crippen molar-refractivity contribution in [3.8, 4) is 0 Å². The molecule has 1 aliphatic rings. The first-order chi connectivity index (χ1) is 8.63. The summed E-state index contributed by atoms with van der Waals surface area (Å²) < 4.78 is 0. The topological polar surface area (TPSA) is 136 Å². The van der Waals surface area contributed by atoms with Gasteiger partial charge in [0, 0.05) is 19.6 Å². The average molecular weight is 251 g/mol. The number of rotatable bonds is 1. The second kappa shape index (κ2) is 3.96. The molecule has 3 rings (SSSR count). The maximum absolute atomic E-state index is 11.6. The number of nitrogens with two attached hydrogens (primary N) is 1. The van der Waals surface area contributed by atoms with Crippen LogP contribution in [0.25, 0.3) is 11.2 Å². The fourth-order valence-electron chi connectivity index (χ4n) is 2.04. The minimum Gasteiger partial charge on any atom is -0.338 e. The second-order valence-corrected chi connectivity index (χ2v) is 4.20. The predicted octanol–water partition coefficient (Wildman–Crippen LogP) is -2.37. The summed E-state index contributed by atoms with van der Waals surface area (Å²) in [4.78, 5) is 36.3. The minimum atomic E-state index is -0.567. The fourth-order valence-corrected chi connectivity index (χ4v) is 2.04. The van der Waals surface area contributed by atoms with Crippen LogP contribution in [-0.4, -0.2) is 45.7 Å². The van der Waals surface area contributed by atoms with Crippen LogP contribution in [0.3, 0.4) is 0 Å². The summed E-state index contributed by atoms with van der Waals surface area (Å²) in [5, 5.41) is 3.10. The number of imidazole rings is 1. The number of nitrogens with zero attached hydrogens (tertiary/aromatic N) is 2. The van der Waals surface area contributed by atoms with Gasteiger partial charge < -0.3 is 15.6 Å². The van der Waals surface area contributed by atoms with E-state index < -0.39 is 11.2 Å². The van der Waals surface area contributed by atoms with Gasteiger partial charge in [-0.15, -0.1) is 0 Å². The molecular weight excluding hydrogens is 238 g/mol.